The summed E-state index contributed by atoms with van der Waals surface area (Å²) >= 11 is 0. The fourth-order valence-electron chi connectivity index (χ4n) is 2.53. The Balaban J connectivity index is 2.29. The molecule has 7 heteroatoms. The van der Waals surface area contributed by atoms with Gasteiger partial charge in [0.15, 0.2) is 0 Å². The van der Waals surface area contributed by atoms with Crippen LogP contribution in [-0.4, -0.2) is 35.8 Å². The summed E-state index contributed by atoms with van der Waals surface area (Å²) in [5.41, 5.74) is 1.10. The Morgan fingerprint density at radius 3 is 2.54 bits per heavy atom. The molecule has 1 aromatic heterocycles. The standard InChI is InChI=1S/C19H24N2O5/c1-11-6-7-14-12(8-11)9-13(16(22)20-14)10-15(17(23)25-5)21-18(24)26-19(2,3)4/h6-9,15H,10H2,1-5H3,(H,20,22)(H,21,24). The lowest BCUT2D eigenvalue weighted by Gasteiger charge is -2.22. The van der Waals surface area contributed by atoms with Crippen LogP contribution in [0.3, 0.4) is 0 Å². The number of amides is 1. The van der Waals surface area contributed by atoms with Crippen molar-refractivity contribution in [2.24, 2.45) is 0 Å². The van der Waals surface area contributed by atoms with Crippen LogP contribution in [0.4, 0.5) is 4.79 Å². The van der Waals surface area contributed by atoms with E-state index >= 15 is 0 Å². The molecule has 2 N–H and O–H groups in total. The lowest BCUT2D eigenvalue weighted by Crippen LogP contribution is -2.45. The third-order valence-electron chi connectivity index (χ3n) is 3.68. The SMILES string of the molecule is COC(=O)C(Cc1cc2cc(C)ccc2[nH]c1=O)NC(=O)OC(C)(C)C. The first-order valence-electron chi connectivity index (χ1n) is 8.29. The zero-order valence-corrected chi connectivity index (χ0v) is 15.6. The number of alkyl carbamates (subject to hydrolysis) is 1. The number of hydrogen-bond donors (Lipinski definition) is 2. The van der Waals surface area contributed by atoms with Gasteiger partial charge in [-0.15, -0.1) is 0 Å². The third-order valence-corrected chi connectivity index (χ3v) is 3.68. The van der Waals surface area contributed by atoms with Gasteiger partial charge >= 0.3 is 12.1 Å². The van der Waals surface area contributed by atoms with Gasteiger partial charge < -0.3 is 19.8 Å². The number of methoxy groups -OCH3 is 1. The molecule has 140 valence electrons. The number of H-pyrrole nitrogens is 1. The maximum atomic E-state index is 12.3. The second-order valence-electron chi connectivity index (χ2n) is 7.14. The molecule has 1 atom stereocenters. The average Bonchev–Trinajstić information content (AvgIpc) is 2.52. The summed E-state index contributed by atoms with van der Waals surface area (Å²) in [4.78, 5) is 39.2. The van der Waals surface area contributed by atoms with Crippen LogP contribution in [0.2, 0.25) is 0 Å². The van der Waals surface area contributed by atoms with Crippen molar-refractivity contribution in [3.63, 3.8) is 0 Å². The number of ether oxygens (including phenoxy) is 2. The number of aromatic nitrogens is 1. The lowest BCUT2D eigenvalue weighted by molar-refractivity contribution is -0.143. The number of nitrogens with one attached hydrogen (secondary N) is 2. The van der Waals surface area contributed by atoms with Gasteiger partial charge in [0.05, 0.1) is 7.11 Å². The second-order valence-corrected chi connectivity index (χ2v) is 7.14. The predicted molar refractivity (Wildman–Crippen MR) is 98.2 cm³/mol. The van der Waals surface area contributed by atoms with E-state index in [0.29, 0.717) is 11.1 Å². The fourth-order valence-corrected chi connectivity index (χ4v) is 2.53. The zero-order chi connectivity index (χ0) is 19.5. The van der Waals surface area contributed by atoms with Gasteiger partial charge in [-0.2, -0.15) is 0 Å². The smallest absolute Gasteiger partial charge is 0.408 e. The molecule has 2 rings (SSSR count). The Kier molecular flexibility index (Phi) is 5.69. The minimum absolute atomic E-state index is 0.00880. The summed E-state index contributed by atoms with van der Waals surface area (Å²) in [6.45, 7) is 7.11. The van der Waals surface area contributed by atoms with Crippen molar-refractivity contribution >= 4 is 23.0 Å². The number of hydrogen-bond acceptors (Lipinski definition) is 5. The van der Waals surface area contributed by atoms with Crippen LogP contribution in [0.5, 0.6) is 0 Å². The minimum atomic E-state index is -1.03. The van der Waals surface area contributed by atoms with Crippen molar-refractivity contribution in [3.8, 4) is 0 Å². The molecular weight excluding hydrogens is 336 g/mol. The van der Waals surface area contributed by atoms with E-state index in [9.17, 15) is 14.4 Å². The van der Waals surface area contributed by atoms with Gasteiger partial charge in [-0.1, -0.05) is 11.6 Å². The Bertz CT molecular complexity index is 880. The highest BCUT2D eigenvalue weighted by molar-refractivity contribution is 5.83. The zero-order valence-electron chi connectivity index (χ0n) is 15.6. The van der Waals surface area contributed by atoms with Crippen LogP contribution < -0.4 is 10.9 Å². The van der Waals surface area contributed by atoms with Crippen LogP contribution in [0.25, 0.3) is 10.9 Å². The van der Waals surface area contributed by atoms with E-state index in [2.05, 4.69) is 10.3 Å². The second kappa shape index (κ2) is 7.59. The van der Waals surface area contributed by atoms with E-state index in [4.69, 9.17) is 9.47 Å². The number of pyridine rings is 1. The van der Waals surface area contributed by atoms with Crippen molar-refractivity contribution in [1.29, 1.82) is 0 Å². The summed E-state index contributed by atoms with van der Waals surface area (Å²) < 4.78 is 9.91. The molecule has 0 saturated heterocycles. The quantitative estimate of drug-likeness (QED) is 0.816. The summed E-state index contributed by atoms with van der Waals surface area (Å²) in [7, 11) is 1.22. The highest BCUT2D eigenvalue weighted by Gasteiger charge is 2.26. The van der Waals surface area contributed by atoms with Gasteiger partial charge in [0, 0.05) is 17.5 Å². The van der Waals surface area contributed by atoms with Gasteiger partial charge in [0.25, 0.3) is 5.56 Å². The number of aryl methyl sites for hydroxylation is 1. The molecule has 0 radical (unpaired) electrons. The number of carbonyl (C=O) groups is 2. The maximum absolute atomic E-state index is 12.3. The monoisotopic (exact) mass is 360 g/mol. The summed E-state index contributed by atoms with van der Waals surface area (Å²) in [5, 5.41) is 3.32. The molecule has 0 aliphatic carbocycles. The summed E-state index contributed by atoms with van der Waals surface area (Å²) in [6.07, 6.45) is -0.758. The van der Waals surface area contributed by atoms with Crippen LogP contribution >= 0.6 is 0 Å². The molecule has 1 amide bonds. The third kappa shape index (κ3) is 5.08. The molecule has 0 fully saturated rings. The minimum Gasteiger partial charge on any atom is -0.467 e. The van der Waals surface area contributed by atoms with E-state index in [1.54, 1.807) is 26.8 Å². The first-order valence-corrected chi connectivity index (χ1v) is 8.29. The van der Waals surface area contributed by atoms with E-state index in [1.165, 1.54) is 7.11 Å². The van der Waals surface area contributed by atoms with E-state index < -0.39 is 23.7 Å². The highest BCUT2D eigenvalue weighted by Crippen LogP contribution is 2.14. The van der Waals surface area contributed by atoms with E-state index in [1.807, 2.05) is 25.1 Å². The largest absolute Gasteiger partial charge is 0.467 e. The predicted octanol–water partition coefficient (Wildman–Crippen LogP) is 2.45. The highest BCUT2D eigenvalue weighted by atomic mass is 16.6. The van der Waals surface area contributed by atoms with Gasteiger partial charge in [-0.25, -0.2) is 9.59 Å². The topological polar surface area (TPSA) is 97.5 Å². The molecule has 0 aliphatic heterocycles. The number of carbonyl (C=O) groups excluding carboxylic acids is 2. The molecule has 1 aromatic carbocycles. The van der Waals surface area contributed by atoms with Crippen LogP contribution in [-0.2, 0) is 20.7 Å². The van der Waals surface area contributed by atoms with Gasteiger partial charge in [0.1, 0.15) is 11.6 Å². The molecular formula is C19H24N2O5. The van der Waals surface area contributed by atoms with Crippen molar-refractivity contribution in [2.45, 2.75) is 45.8 Å². The molecule has 2 aromatic rings. The van der Waals surface area contributed by atoms with E-state index in [-0.39, 0.29) is 12.0 Å². The fraction of sp³-hybridized carbons (Fsp3) is 0.421. The van der Waals surface area contributed by atoms with Crippen LogP contribution in [0.15, 0.2) is 29.1 Å². The number of benzene rings is 1. The number of rotatable bonds is 4. The molecule has 1 heterocycles. The number of esters is 1. The van der Waals surface area contributed by atoms with Gasteiger partial charge in [-0.05, 0) is 51.3 Å². The summed E-state index contributed by atoms with van der Waals surface area (Å²) in [6, 6.07) is 6.35. The van der Waals surface area contributed by atoms with Crippen molar-refractivity contribution in [3.05, 3.63) is 45.7 Å². The molecule has 0 spiro atoms. The van der Waals surface area contributed by atoms with Gasteiger partial charge in [0.2, 0.25) is 0 Å². The van der Waals surface area contributed by atoms with Crippen LogP contribution in [0.1, 0.15) is 31.9 Å². The molecule has 26 heavy (non-hydrogen) atoms. The van der Waals surface area contributed by atoms with Crippen molar-refractivity contribution in [1.82, 2.24) is 10.3 Å². The molecule has 0 aliphatic rings. The maximum Gasteiger partial charge on any atom is 0.408 e. The molecule has 1 unspecified atom stereocenters. The number of fused-ring (bicyclic) bond motifs is 1. The Labute approximate surface area is 151 Å². The first-order chi connectivity index (χ1) is 12.1. The Morgan fingerprint density at radius 2 is 1.92 bits per heavy atom. The normalized spacial score (nSPS) is 12.5. The average molecular weight is 360 g/mol. The first kappa shape index (κ1) is 19.5. The van der Waals surface area contributed by atoms with Crippen molar-refractivity contribution < 1.29 is 19.1 Å². The Morgan fingerprint density at radius 1 is 1.23 bits per heavy atom. The van der Waals surface area contributed by atoms with Gasteiger partial charge in [-0.3, -0.25) is 4.79 Å². The lowest BCUT2D eigenvalue weighted by atomic mass is 10.0. The van der Waals surface area contributed by atoms with E-state index in [0.717, 1.165) is 10.9 Å². The Hall–Kier alpha value is -2.83. The number of aromatic amines is 1. The van der Waals surface area contributed by atoms with Crippen molar-refractivity contribution in [2.75, 3.05) is 7.11 Å². The molecule has 7 nitrogen and oxygen atoms in total. The van der Waals surface area contributed by atoms with Crippen LogP contribution in [0, 0.1) is 6.92 Å². The molecule has 0 saturated carbocycles. The summed E-state index contributed by atoms with van der Waals surface area (Å²) in [5.74, 6) is -0.653. The molecule has 0 bridgehead atoms.